The average molecular weight is 367 g/mol. The van der Waals surface area contributed by atoms with Gasteiger partial charge in [-0.05, 0) is 30.3 Å². The van der Waals surface area contributed by atoms with Gasteiger partial charge >= 0.3 is 0 Å². The molecule has 7 heteroatoms. The minimum atomic E-state index is -0.585. The van der Waals surface area contributed by atoms with Crippen LogP contribution < -0.4 is 10.6 Å². The fraction of sp³-hybridized carbons (Fsp3) is 0. The van der Waals surface area contributed by atoms with E-state index in [9.17, 15) is 4.79 Å². The molecule has 2 aromatic carbocycles. The Kier molecular flexibility index (Phi) is 5.89. The first-order chi connectivity index (χ1) is 11.0. The van der Waals surface area contributed by atoms with E-state index in [0.29, 0.717) is 26.4 Å². The number of carbonyl (C=O) groups is 1. The number of para-hydroxylation sites is 1. The fourth-order valence-corrected chi connectivity index (χ4v) is 2.30. The van der Waals surface area contributed by atoms with Gasteiger partial charge in [-0.15, -0.1) is 0 Å². The number of benzene rings is 2. The van der Waals surface area contributed by atoms with E-state index in [1.807, 2.05) is 6.07 Å². The van der Waals surface area contributed by atoms with Crippen LogP contribution in [0.15, 0.2) is 54.2 Å². The van der Waals surface area contributed by atoms with E-state index < -0.39 is 5.91 Å². The minimum absolute atomic E-state index is 0.129. The number of nitrogens with zero attached hydrogens (tertiary/aromatic N) is 1. The third kappa shape index (κ3) is 4.64. The third-order valence-electron chi connectivity index (χ3n) is 2.79. The molecule has 0 aromatic heterocycles. The molecule has 1 amide bonds. The second kappa shape index (κ2) is 7.89. The van der Waals surface area contributed by atoms with Crippen LogP contribution in [-0.2, 0) is 4.79 Å². The summed E-state index contributed by atoms with van der Waals surface area (Å²) in [5.74, 6) is -0.585. The molecular weight excluding hydrogens is 357 g/mol. The molecule has 116 valence electrons. The number of hydrogen-bond donors (Lipinski definition) is 2. The molecule has 0 fully saturated rings. The van der Waals surface area contributed by atoms with E-state index in [2.05, 4.69) is 10.6 Å². The summed E-state index contributed by atoms with van der Waals surface area (Å²) in [5.41, 5.74) is 0.815. The lowest BCUT2D eigenvalue weighted by molar-refractivity contribution is -0.112. The van der Waals surface area contributed by atoms with Gasteiger partial charge in [0.15, 0.2) is 0 Å². The molecule has 2 N–H and O–H groups in total. The van der Waals surface area contributed by atoms with Crippen LogP contribution in [0.5, 0.6) is 0 Å². The Hall–Kier alpha value is -2.19. The standard InChI is InChI=1S/C16H10Cl3N3O/c17-11-5-6-14(13(19)7-11)21-9-10(8-20)16(23)22-15-4-2-1-3-12(15)18/h1-7,9,21H,(H,22,23)/b10-9-. The average Bonchev–Trinajstić information content (AvgIpc) is 2.52. The highest BCUT2D eigenvalue weighted by atomic mass is 35.5. The van der Waals surface area contributed by atoms with Crippen molar-refractivity contribution in [1.29, 1.82) is 5.26 Å². The predicted molar refractivity (Wildman–Crippen MR) is 93.9 cm³/mol. The number of anilines is 2. The zero-order chi connectivity index (χ0) is 16.8. The number of halogens is 3. The molecule has 23 heavy (non-hydrogen) atoms. The molecule has 4 nitrogen and oxygen atoms in total. The van der Waals surface area contributed by atoms with Gasteiger partial charge in [0, 0.05) is 11.2 Å². The smallest absolute Gasteiger partial charge is 0.267 e. The van der Waals surface area contributed by atoms with Gasteiger partial charge in [-0.2, -0.15) is 5.26 Å². The summed E-state index contributed by atoms with van der Waals surface area (Å²) in [6.45, 7) is 0. The minimum Gasteiger partial charge on any atom is -0.359 e. The van der Waals surface area contributed by atoms with Crippen molar-refractivity contribution in [2.75, 3.05) is 10.6 Å². The first-order valence-electron chi connectivity index (χ1n) is 6.39. The van der Waals surface area contributed by atoms with Crippen molar-refractivity contribution in [2.24, 2.45) is 0 Å². The number of hydrogen-bond acceptors (Lipinski definition) is 3. The number of amides is 1. The highest BCUT2D eigenvalue weighted by Gasteiger charge is 2.11. The number of nitriles is 1. The highest BCUT2D eigenvalue weighted by molar-refractivity contribution is 6.36. The van der Waals surface area contributed by atoms with Gasteiger partial charge in [-0.25, -0.2) is 0 Å². The van der Waals surface area contributed by atoms with Gasteiger partial charge in [0.1, 0.15) is 11.6 Å². The molecule has 0 aliphatic rings. The van der Waals surface area contributed by atoms with E-state index in [1.54, 1.807) is 42.5 Å². The zero-order valence-electron chi connectivity index (χ0n) is 11.6. The molecule has 0 saturated carbocycles. The fourth-order valence-electron chi connectivity index (χ4n) is 1.66. The van der Waals surface area contributed by atoms with Crippen molar-refractivity contribution >= 4 is 52.1 Å². The summed E-state index contributed by atoms with van der Waals surface area (Å²) in [6, 6.07) is 13.4. The molecule has 0 spiro atoms. The van der Waals surface area contributed by atoms with Crippen LogP contribution in [0, 0.1) is 11.3 Å². The van der Waals surface area contributed by atoms with Crippen molar-refractivity contribution in [3.63, 3.8) is 0 Å². The van der Waals surface area contributed by atoms with E-state index in [1.165, 1.54) is 6.20 Å². The van der Waals surface area contributed by atoms with E-state index in [4.69, 9.17) is 40.1 Å². The Labute approximate surface area is 148 Å². The lowest BCUT2D eigenvalue weighted by Gasteiger charge is -2.07. The van der Waals surface area contributed by atoms with Crippen molar-refractivity contribution in [2.45, 2.75) is 0 Å². The second-order valence-electron chi connectivity index (χ2n) is 4.37. The Morgan fingerprint density at radius 1 is 1.04 bits per heavy atom. The van der Waals surface area contributed by atoms with E-state index >= 15 is 0 Å². The molecule has 0 heterocycles. The van der Waals surface area contributed by atoms with Gasteiger partial charge in [0.05, 0.1) is 21.4 Å². The van der Waals surface area contributed by atoms with Crippen LogP contribution in [0.1, 0.15) is 0 Å². The lowest BCUT2D eigenvalue weighted by atomic mass is 10.2. The first-order valence-corrected chi connectivity index (χ1v) is 7.52. The predicted octanol–water partition coefficient (Wildman–Crippen LogP) is 5.10. The summed E-state index contributed by atoms with van der Waals surface area (Å²) in [6.07, 6.45) is 1.27. The summed E-state index contributed by atoms with van der Waals surface area (Å²) < 4.78 is 0. The maximum Gasteiger partial charge on any atom is 0.267 e. The van der Waals surface area contributed by atoms with Crippen LogP contribution in [0.2, 0.25) is 15.1 Å². The molecule has 0 radical (unpaired) electrons. The first kappa shape index (κ1) is 17.2. The van der Waals surface area contributed by atoms with Crippen LogP contribution >= 0.6 is 34.8 Å². The van der Waals surface area contributed by atoms with Crippen LogP contribution in [0.3, 0.4) is 0 Å². The number of rotatable bonds is 4. The van der Waals surface area contributed by atoms with Crippen molar-refractivity contribution in [3.05, 3.63) is 69.3 Å². The van der Waals surface area contributed by atoms with Gasteiger partial charge < -0.3 is 10.6 Å². The van der Waals surface area contributed by atoms with Crippen LogP contribution in [0.25, 0.3) is 0 Å². The maximum atomic E-state index is 12.1. The normalized spacial score (nSPS) is 10.8. The van der Waals surface area contributed by atoms with Crippen molar-refractivity contribution in [1.82, 2.24) is 0 Å². The topological polar surface area (TPSA) is 64.9 Å². The quantitative estimate of drug-likeness (QED) is 0.584. The van der Waals surface area contributed by atoms with Crippen molar-refractivity contribution in [3.8, 4) is 6.07 Å². The SMILES string of the molecule is N#C/C(=C/Nc1ccc(Cl)cc1Cl)C(=O)Nc1ccccc1Cl. The van der Waals surface area contributed by atoms with Gasteiger partial charge in [0.2, 0.25) is 0 Å². The molecule has 2 rings (SSSR count). The number of nitrogens with one attached hydrogen (secondary N) is 2. The Bertz CT molecular complexity index is 812. The Balaban J connectivity index is 2.14. The highest BCUT2D eigenvalue weighted by Crippen LogP contribution is 2.25. The zero-order valence-corrected chi connectivity index (χ0v) is 13.9. The molecule has 2 aromatic rings. The van der Waals surface area contributed by atoms with E-state index in [0.717, 1.165) is 0 Å². The molecule has 0 aliphatic heterocycles. The summed E-state index contributed by atoms with van der Waals surface area (Å²) in [5, 5.41) is 15.7. The summed E-state index contributed by atoms with van der Waals surface area (Å²) in [4.78, 5) is 12.1. The molecule has 0 saturated heterocycles. The Morgan fingerprint density at radius 3 is 2.43 bits per heavy atom. The summed E-state index contributed by atoms with van der Waals surface area (Å²) in [7, 11) is 0. The molecule has 0 unspecified atom stereocenters. The van der Waals surface area contributed by atoms with Gasteiger partial charge in [-0.3, -0.25) is 4.79 Å². The van der Waals surface area contributed by atoms with Crippen molar-refractivity contribution < 1.29 is 4.79 Å². The second-order valence-corrected chi connectivity index (χ2v) is 5.62. The Morgan fingerprint density at radius 2 is 1.78 bits per heavy atom. The van der Waals surface area contributed by atoms with Crippen LogP contribution in [0.4, 0.5) is 11.4 Å². The lowest BCUT2D eigenvalue weighted by Crippen LogP contribution is -2.14. The van der Waals surface area contributed by atoms with E-state index in [-0.39, 0.29) is 5.57 Å². The third-order valence-corrected chi connectivity index (χ3v) is 3.67. The molecular formula is C16H10Cl3N3O. The molecule has 0 atom stereocenters. The molecule has 0 bridgehead atoms. The van der Waals surface area contributed by atoms with Gasteiger partial charge in [0.25, 0.3) is 5.91 Å². The largest absolute Gasteiger partial charge is 0.359 e. The maximum absolute atomic E-state index is 12.1. The summed E-state index contributed by atoms with van der Waals surface area (Å²) >= 11 is 17.8. The number of carbonyl (C=O) groups excluding carboxylic acids is 1. The van der Waals surface area contributed by atoms with Crippen LogP contribution in [-0.4, -0.2) is 5.91 Å². The monoisotopic (exact) mass is 365 g/mol. The van der Waals surface area contributed by atoms with Gasteiger partial charge in [-0.1, -0.05) is 46.9 Å². The molecule has 0 aliphatic carbocycles.